The average Bonchev–Trinajstić information content (AvgIpc) is 3.14. The first-order valence-corrected chi connectivity index (χ1v) is 9.77. The van der Waals surface area contributed by atoms with Gasteiger partial charge < -0.3 is 14.8 Å². The number of nitrogens with zero attached hydrogens (tertiary/aromatic N) is 1. The number of thiazole rings is 1. The molecule has 0 saturated carbocycles. The predicted molar refractivity (Wildman–Crippen MR) is 108 cm³/mol. The summed E-state index contributed by atoms with van der Waals surface area (Å²) in [5.74, 6) is -0.703. The Morgan fingerprint density at radius 3 is 2.59 bits per heavy atom. The van der Waals surface area contributed by atoms with Crippen molar-refractivity contribution in [1.82, 2.24) is 10.3 Å². The van der Waals surface area contributed by atoms with Crippen LogP contribution in [0.4, 0.5) is 8.78 Å². The number of nitrogens with one attached hydrogen (secondary N) is 1. The fourth-order valence-electron chi connectivity index (χ4n) is 2.82. The van der Waals surface area contributed by atoms with Crippen LogP contribution in [0, 0.1) is 6.92 Å². The van der Waals surface area contributed by atoms with Crippen LogP contribution in [-0.4, -0.2) is 31.2 Å². The molecular formula is C21H20F2N2O3S. The number of methoxy groups -OCH3 is 1. The van der Waals surface area contributed by atoms with Gasteiger partial charge in [0.2, 0.25) is 0 Å². The van der Waals surface area contributed by atoms with E-state index in [2.05, 4.69) is 15.0 Å². The number of hydrogen-bond donors (Lipinski definition) is 1. The third kappa shape index (κ3) is 5.29. The molecule has 0 bridgehead atoms. The van der Waals surface area contributed by atoms with Crippen LogP contribution in [0.1, 0.15) is 20.9 Å². The Labute approximate surface area is 171 Å². The normalized spacial score (nSPS) is 10.8. The van der Waals surface area contributed by atoms with Gasteiger partial charge in [0.1, 0.15) is 0 Å². The van der Waals surface area contributed by atoms with E-state index in [9.17, 15) is 13.6 Å². The van der Waals surface area contributed by atoms with Gasteiger partial charge in [-0.15, -0.1) is 11.3 Å². The minimum absolute atomic E-state index is 0.00102. The molecule has 1 N–H and O–H groups in total. The molecule has 152 valence electrons. The minimum atomic E-state index is -3.06. The Bertz CT molecular complexity index is 974. The number of aryl methyl sites for hydroxylation is 1. The SMILES string of the molecule is COc1cccc(C(=O)NCCc2ccc(-c3csc(C)n3)cc2)c1OC(F)F. The van der Waals surface area contributed by atoms with E-state index < -0.39 is 12.5 Å². The van der Waals surface area contributed by atoms with Crippen LogP contribution in [0.3, 0.4) is 0 Å². The molecule has 1 amide bonds. The number of amides is 1. The summed E-state index contributed by atoms with van der Waals surface area (Å²) in [6, 6.07) is 12.4. The lowest BCUT2D eigenvalue weighted by molar-refractivity contribution is -0.0515. The molecule has 0 radical (unpaired) electrons. The first-order valence-electron chi connectivity index (χ1n) is 8.89. The average molecular weight is 418 g/mol. The topological polar surface area (TPSA) is 60.5 Å². The highest BCUT2D eigenvalue weighted by Gasteiger charge is 2.20. The standard InChI is InChI=1S/C21H20F2N2O3S/c1-13-25-17(12-29-13)15-8-6-14(7-9-15)10-11-24-20(26)16-4-3-5-18(27-2)19(16)28-21(22)23/h3-9,12,21H,10-11H2,1-2H3,(H,24,26). The monoisotopic (exact) mass is 418 g/mol. The molecule has 8 heteroatoms. The van der Waals surface area contributed by atoms with Crippen LogP contribution in [-0.2, 0) is 6.42 Å². The van der Waals surface area contributed by atoms with E-state index in [1.54, 1.807) is 17.4 Å². The van der Waals surface area contributed by atoms with Gasteiger partial charge in [-0.3, -0.25) is 4.79 Å². The number of alkyl halides is 2. The maximum absolute atomic E-state index is 12.7. The van der Waals surface area contributed by atoms with Crippen molar-refractivity contribution in [3.8, 4) is 22.8 Å². The maximum Gasteiger partial charge on any atom is 0.387 e. The number of carbonyl (C=O) groups excluding carboxylic acids is 1. The first-order chi connectivity index (χ1) is 14.0. The van der Waals surface area contributed by atoms with E-state index in [1.165, 1.54) is 19.2 Å². The van der Waals surface area contributed by atoms with Gasteiger partial charge >= 0.3 is 6.61 Å². The number of aromatic nitrogens is 1. The molecule has 0 spiro atoms. The van der Waals surface area contributed by atoms with E-state index in [-0.39, 0.29) is 17.1 Å². The van der Waals surface area contributed by atoms with Crippen molar-refractivity contribution in [2.45, 2.75) is 20.0 Å². The van der Waals surface area contributed by atoms with E-state index in [0.717, 1.165) is 21.8 Å². The first kappa shape index (κ1) is 20.7. The number of hydrogen-bond acceptors (Lipinski definition) is 5. The quantitative estimate of drug-likeness (QED) is 0.576. The number of halogens is 2. The van der Waals surface area contributed by atoms with E-state index >= 15 is 0 Å². The van der Waals surface area contributed by atoms with Crippen LogP contribution in [0.5, 0.6) is 11.5 Å². The predicted octanol–water partition coefficient (Wildman–Crippen LogP) is 4.70. The fraction of sp³-hybridized carbons (Fsp3) is 0.238. The highest BCUT2D eigenvalue weighted by Crippen LogP contribution is 2.32. The summed E-state index contributed by atoms with van der Waals surface area (Å²) in [5, 5.41) is 5.76. The lowest BCUT2D eigenvalue weighted by atomic mass is 10.1. The lowest BCUT2D eigenvalue weighted by Crippen LogP contribution is -2.26. The lowest BCUT2D eigenvalue weighted by Gasteiger charge is -2.14. The molecule has 0 saturated heterocycles. The summed E-state index contributed by atoms with van der Waals surface area (Å²) < 4.78 is 34.9. The number of para-hydroxylation sites is 1. The van der Waals surface area contributed by atoms with Gasteiger partial charge in [-0.05, 0) is 31.0 Å². The molecule has 1 aromatic heterocycles. The molecule has 0 aliphatic heterocycles. The molecule has 3 rings (SSSR count). The highest BCUT2D eigenvalue weighted by atomic mass is 32.1. The van der Waals surface area contributed by atoms with Crippen molar-refractivity contribution in [2.24, 2.45) is 0 Å². The Kier molecular flexibility index (Phi) is 6.77. The molecule has 5 nitrogen and oxygen atoms in total. The Hall–Kier alpha value is -3.00. The van der Waals surface area contributed by atoms with Gasteiger partial charge in [0.25, 0.3) is 5.91 Å². The van der Waals surface area contributed by atoms with Gasteiger partial charge in [-0.25, -0.2) is 4.98 Å². The largest absolute Gasteiger partial charge is 0.493 e. The molecule has 3 aromatic rings. The van der Waals surface area contributed by atoms with E-state index in [1.807, 2.05) is 36.6 Å². The number of rotatable bonds is 8. The number of carbonyl (C=O) groups is 1. The molecule has 29 heavy (non-hydrogen) atoms. The van der Waals surface area contributed by atoms with Crippen molar-refractivity contribution in [1.29, 1.82) is 0 Å². The molecule has 2 aromatic carbocycles. The minimum Gasteiger partial charge on any atom is -0.493 e. The summed E-state index contributed by atoms with van der Waals surface area (Å²) in [6.45, 7) is -0.747. The van der Waals surface area contributed by atoms with Crippen LogP contribution < -0.4 is 14.8 Å². The number of benzene rings is 2. The van der Waals surface area contributed by atoms with E-state index in [4.69, 9.17) is 4.74 Å². The molecule has 1 heterocycles. The molecule has 0 aliphatic rings. The Morgan fingerprint density at radius 1 is 1.21 bits per heavy atom. The van der Waals surface area contributed by atoms with Gasteiger partial charge in [0.15, 0.2) is 11.5 Å². The maximum atomic E-state index is 12.7. The zero-order valence-electron chi connectivity index (χ0n) is 15.9. The smallest absolute Gasteiger partial charge is 0.387 e. The van der Waals surface area contributed by atoms with Gasteiger partial charge in [0.05, 0.1) is 23.4 Å². The molecule has 0 atom stereocenters. The summed E-state index contributed by atoms with van der Waals surface area (Å²) in [5.41, 5.74) is 3.01. The molecule has 0 unspecified atom stereocenters. The highest BCUT2D eigenvalue weighted by molar-refractivity contribution is 7.09. The molecule has 0 fully saturated rings. The van der Waals surface area contributed by atoms with E-state index in [0.29, 0.717) is 13.0 Å². The Morgan fingerprint density at radius 2 is 1.97 bits per heavy atom. The van der Waals surface area contributed by atoms with Crippen molar-refractivity contribution >= 4 is 17.2 Å². The zero-order chi connectivity index (χ0) is 20.8. The summed E-state index contributed by atoms with van der Waals surface area (Å²) in [4.78, 5) is 16.9. The second-order valence-electron chi connectivity index (χ2n) is 6.17. The van der Waals surface area contributed by atoms with Crippen molar-refractivity contribution in [2.75, 3.05) is 13.7 Å². The summed E-state index contributed by atoms with van der Waals surface area (Å²) >= 11 is 1.60. The van der Waals surface area contributed by atoms with Crippen LogP contribution in [0.15, 0.2) is 47.8 Å². The van der Waals surface area contributed by atoms with Gasteiger partial charge in [-0.2, -0.15) is 8.78 Å². The number of ether oxygens (including phenoxy) is 2. The molecular weight excluding hydrogens is 398 g/mol. The Balaban J connectivity index is 1.61. The summed E-state index contributed by atoms with van der Waals surface area (Å²) in [7, 11) is 1.33. The van der Waals surface area contributed by atoms with Crippen molar-refractivity contribution < 1.29 is 23.0 Å². The van der Waals surface area contributed by atoms with Crippen LogP contribution in [0.2, 0.25) is 0 Å². The third-order valence-electron chi connectivity index (χ3n) is 4.22. The third-order valence-corrected chi connectivity index (χ3v) is 4.99. The second-order valence-corrected chi connectivity index (χ2v) is 7.23. The van der Waals surface area contributed by atoms with Crippen molar-refractivity contribution in [3.05, 3.63) is 64.0 Å². The van der Waals surface area contributed by atoms with Crippen molar-refractivity contribution in [3.63, 3.8) is 0 Å². The fourth-order valence-corrected chi connectivity index (χ4v) is 3.44. The van der Waals surface area contributed by atoms with Crippen LogP contribution >= 0.6 is 11.3 Å². The second kappa shape index (κ2) is 9.47. The van der Waals surface area contributed by atoms with Gasteiger partial charge in [-0.1, -0.05) is 30.3 Å². The summed E-state index contributed by atoms with van der Waals surface area (Å²) in [6.07, 6.45) is 0.594. The van der Waals surface area contributed by atoms with Crippen LogP contribution in [0.25, 0.3) is 11.3 Å². The van der Waals surface area contributed by atoms with Gasteiger partial charge in [0, 0.05) is 17.5 Å². The molecule has 0 aliphatic carbocycles. The zero-order valence-corrected chi connectivity index (χ0v) is 16.8.